The van der Waals surface area contributed by atoms with Crippen LogP contribution in [0.3, 0.4) is 0 Å². The minimum atomic E-state index is -1.18. The molecule has 4 aromatic carbocycles. The van der Waals surface area contributed by atoms with Crippen LogP contribution in [0.25, 0.3) is 0 Å². The van der Waals surface area contributed by atoms with Crippen molar-refractivity contribution in [2.45, 2.75) is 49.9 Å². The van der Waals surface area contributed by atoms with Gasteiger partial charge in [0.2, 0.25) is 5.91 Å². The van der Waals surface area contributed by atoms with Crippen molar-refractivity contribution in [1.82, 2.24) is 10.6 Å². The lowest BCUT2D eigenvalue weighted by Gasteiger charge is -2.30. The quantitative estimate of drug-likeness (QED) is 0.134. The molecule has 0 bridgehead atoms. The van der Waals surface area contributed by atoms with E-state index in [1.54, 1.807) is 25.1 Å². The highest BCUT2D eigenvalue weighted by molar-refractivity contribution is 5.96. The summed E-state index contributed by atoms with van der Waals surface area (Å²) in [5.41, 5.74) is 8.86. The van der Waals surface area contributed by atoms with Gasteiger partial charge in [-0.1, -0.05) is 42.5 Å². The monoisotopic (exact) mass is 678 g/mol. The van der Waals surface area contributed by atoms with Crippen molar-refractivity contribution in [1.29, 1.82) is 0 Å². The summed E-state index contributed by atoms with van der Waals surface area (Å²) in [5.74, 6) is -3.11. The molecule has 4 aromatic rings. The number of carbonyl (C=O) groups excluding carboxylic acids is 2. The van der Waals surface area contributed by atoms with Crippen molar-refractivity contribution in [3.63, 3.8) is 0 Å². The molecule has 258 valence electrons. The molecule has 4 atom stereocenters. The van der Waals surface area contributed by atoms with Gasteiger partial charge in [-0.2, -0.15) is 0 Å². The van der Waals surface area contributed by atoms with E-state index in [-0.39, 0.29) is 54.9 Å². The molecule has 0 saturated carbocycles. The summed E-state index contributed by atoms with van der Waals surface area (Å²) in [5, 5.41) is 8.75. The van der Waals surface area contributed by atoms with E-state index in [2.05, 4.69) is 16.0 Å². The van der Waals surface area contributed by atoms with Crippen LogP contribution in [0.1, 0.15) is 47.6 Å². The number of halogens is 4. The highest BCUT2D eigenvalue weighted by Gasteiger charge is 2.29. The van der Waals surface area contributed by atoms with Crippen LogP contribution in [0.15, 0.2) is 91.0 Å². The molecule has 1 fully saturated rings. The van der Waals surface area contributed by atoms with E-state index in [1.165, 1.54) is 72.8 Å². The lowest BCUT2D eigenvalue weighted by Crippen LogP contribution is -2.49. The molecule has 0 spiro atoms. The fourth-order valence-electron chi connectivity index (χ4n) is 5.74. The maximum atomic E-state index is 15.1. The Kier molecular flexibility index (Phi) is 12.0. The Balaban J connectivity index is 1.14. The highest BCUT2D eigenvalue weighted by atomic mass is 19.1. The molecule has 1 heterocycles. The third kappa shape index (κ3) is 9.65. The van der Waals surface area contributed by atoms with Crippen molar-refractivity contribution < 1.29 is 36.6 Å². The molecule has 0 radical (unpaired) electrons. The molecule has 2 amide bonds. The largest absolute Gasteiger partial charge is 0.448 e. The number of alkyl carbamates (subject to hydrolysis) is 1. The number of carbonyl (C=O) groups is 2. The van der Waals surface area contributed by atoms with Crippen LogP contribution >= 0.6 is 0 Å². The number of anilines is 1. The smallest absolute Gasteiger partial charge is 0.407 e. The fourth-order valence-corrected chi connectivity index (χ4v) is 5.74. The van der Waals surface area contributed by atoms with Crippen molar-refractivity contribution >= 4 is 17.7 Å². The van der Waals surface area contributed by atoms with E-state index < -0.39 is 41.4 Å². The van der Waals surface area contributed by atoms with E-state index in [1.807, 2.05) is 0 Å². The van der Waals surface area contributed by atoms with Gasteiger partial charge >= 0.3 is 6.09 Å². The first kappa shape index (κ1) is 35.5. The maximum Gasteiger partial charge on any atom is 0.407 e. The Hall–Kier alpha value is -4.78. The lowest BCUT2D eigenvalue weighted by atomic mass is 9.85. The van der Waals surface area contributed by atoms with Gasteiger partial charge < -0.3 is 31.2 Å². The van der Waals surface area contributed by atoms with Crippen LogP contribution in [-0.2, 0) is 20.7 Å². The number of benzene rings is 4. The number of nitrogens with two attached hydrogens (primary N) is 1. The molecule has 49 heavy (non-hydrogen) atoms. The van der Waals surface area contributed by atoms with Gasteiger partial charge in [0.15, 0.2) is 0 Å². The second-order valence-electron chi connectivity index (χ2n) is 12.0. The molecule has 8 nitrogen and oxygen atoms in total. The molecule has 1 aliphatic heterocycles. The first-order valence-electron chi connectivity index (χ1n) is 16.0. The molecule has 5 rings (SSSR count). The van der Waals surface area contributed by atoms with Gasteiger partial charge in [-0.05, 0) is 85.0 Å². The Bertz CT molecular complexity index is 1650. The number of rotatable bonds is 12. The minimum Gasteiger partial charge on any atom is -0.448 e. The zero-order valence-corrected chi connectivity index (χ0v) is 26.8. The van der Waals surface area contributed by atoms with Gasteiger partial charge in [0.05, 0.1) is 30.8 Å². The van der Waals surface area contributed by atoms with Crippen LogP contribution in [0.5, 0.6) is 0 Å². The second-order valence-corrected chi connectivity index (χ2v) is 12.0. The predicted octanol–water partition coefficient (Wildman–Crippen LogP) is 6.12. The Morgan fingerprint density at radius 1 is 0.878 bits per heavy atom. The van der Waals surface area contributed by atoms with E-state index in [0.717, 1.165) is 5.56 Å². The number of amides is 2. The van der Waals surface area contributed by atoms with Crippen LogP contribution in [0.4, 0.5) is 28.0 Å². The Morgan fingerprint density at radius 3 is 2.00 bits per heavy atom. The summed E-state index contributed by atoms with van der Waals surface area (Å²) >= 11 is 0. The van der Waals surface area contributed by atoms with Crippen molar-refractivity contribution in [2.24, 2.45) is 5.73 Å². The topological polar surface area (TPSA) is 115 Å². The predicted molar refractivity (Wildman–Crippen MR) is 177 cm³/mol. The van der Waals surface area contributed by atoms with E-state index in [4.69, 9.17) is 15.2 Å². The number of morpholine rings is 1. The molecular weight excluding hydrogens is 640 g/mol. The van der Waals surface area contributed by atoms with E-state index in [9.17, 15) is 22.8 Å². The van der Waals surface area contributed by atoms with Gasteiger partial charge in [-0.25, -0.2) is 22.4 Å². The van der Waals surface area contributed by atoms with Crippen molar-refractivity contribution in [3.8, 4) is 0 Å². The average Bonchev–Trinajstić information content (AvgIpc) is 3.09. The molecule has 1 aliphatic rings. The third-order valence-electron chi connectivity index (χ3n) is 8.50. The summed E-state index contributed by atoms with van der Waals surface area (Å²) in [6, 6.07) is 19.5. The fraction of sp³-hybridized carbons (Fsp3) is 0.297. The van der Waals surface area contributed by atoms with Crippen LogP contribution in [0.2, 0.25) is 0 Å². The average molecular weight is 679 g/mol. The summed E-state index contributed by atoms with van der Waals surface area (Å²) in [4.78, 5) is 25.8. The number of hydrogen-bond donors (Lipinski definition) is 4. The second kappa shape index (κ2) is 16.6. The first-order valence-corrected chi connectivity index (χ1v) is 16.0. The highest BCUT2D eigenvalue weighted by Crippen LogP contribution is 2.30. The molecule has 12 heteroatoms. The van der Waals surface area contributed by atoms with Gasteiger partial charge in [0.1, 0.15) is 29.9 Å². The zero-order chi connectivity index (χ0) is 34.9. The SMILES string of the molecule is C[C@H](NC(=O)OC[C@@H]1CO[C@H](CCc2c(F)cccc2NC(=O)[C@@H](N)C(c2ccc(F)cc2)c2ccc(F)cc2)CN1)c1ccc(F)cc1. The maximum absolute atomic E-state index is 15.1. The van der Waals surface area contributed by atoms with Gasteiger partial charge in [-0.15, -0.1) is 0 Å². The Labute approximate surface area is 282 Å². The zero-order valence-electron chi connectivity index (χ0n) is 26.8. The van der Waals surface area contributed by atoms with E-state index >= 15 is 4.39 Å². The van der Waals surface area contributed by atoms with Crippen LogP contribution < -0.4 is 21.7 Å². The molecular formula is C37H38F4N4O4. The summed E-state index contributed by atoms with van der Waals surface area (Å²) in [6.07, 6.45) is -0.208. The van der Waals surface area contributed by atoms with Crippen LogP contribution in [0, 0.1) is 23.3 Å². The summed E-state index contributed by atoms with van der Waals surface area (Å²) in [7, 11) is 0. The van der Waals surface area contributed by atoms with Crippen LogP contribution in [-0.4, -0.2) is 49.9 Å². The summed E-state index contributed by atoms with van der Waals surface area (Å²) in [6.45, 7) is 2.52. The summed E-state index contributed by atoms with van der Waals surface area (Å²) < 4.78 is 66.9. The van der Waals surface area contributed by atoms with Gasteiger partial charge in [-0.3, -0.25) is 4.79 Å². The number of ether oxygens (including phenoxy) is 2. The third-order valence-corrected chi connectivity index (χ3v) is 8.50. The molecule has 0 aromatic heterocycles. The van der Waals surface area contributed by atoms with Crippen molar-refractivity contribution in [2.75, 3.05) is 25.1 Å². The first-order chi connectivity index (χ1) is 23.6. The molecule has 0 aliphatic carbocycles. The normalized spacial score (nSPS) is 17.3. The number of hydrogen-bond acceptors (Lipinski definition) is 6. The van der Waals surface area contributed by atoms with E-state index in [0.29, 0.717) is 24.1 Å². The van der Waals surface area contributed by atoms with Gasteiger partial charge in [0, 0.05) is 23.7 Å². The molecule has 5 N–H and O–H groups in total. The Morgan fingerprint density at radius 2 is 1.45 bits per heavy atom. The van der Waals surface area contributed by atoms with Gasteiger partial charge in [0.25, 0.3) is 0 Å². The lowest BCUT2D eigenvalue weighted by molar-refractivity contribution is -0.117. The number of nitrogens with one attached hydrogen (secondary N) is 3. The molecule has 1 saturated heterocycles. The minimum absolute atomic E-state index is 0.0648. The molecule has 0 unspecified atom stereocenters. The van der Waals surface area contributed by atoms with Crippen molar-refractivity contribution in [3.05, 3.63) is 137 Å². The standard InChI is InChI=1S/C37H38F4N4O4/c1-22(23-5-11-26(38)12-6-23)44-37(47)49-21-29-20-48-30(19-43-29)17-18-31-32(41)3-2-4-33(31)45-36(46)35(42)34(24-7-13-27(39)14-8-24)25-9-15-28(40)16-10-25/h2-16,22,29-30,34-35,43H,17-21,42H2,1H3,(H,44,47)(H,45,46)/t22-,29-,30+,35-/m0/s1.